The van der Waals surface area contributed by atoms with Crippen LogP contribution in [0.3, 0.4) is 0 Å². The van der Waals surface area contributed by atoms with Crippen LogP contribution >= 0.6 is 0 Å². The van der Waals surface area contributed by atoms with Crippen molar-refractivity contribution < 1.29 is 4.79 Å². The maximum absolute atomic E-state index is 12.7. The van der Waals surface area contributed by atoms with E-state index < -0.39 is 0 Å². The Balaban J connectivity index is 1.73. The summed E-state index contributed by atoms with van der Waals surface area (Å²) in [5, 5.41) is 5.32. The molecule has 4 rings (SSSR count). The molecular formula is C21H23N3O. The van der Waals surface area contributed by atoms with Crippen molar-refractivity contribution in [3.05, 3.63) is 54.7 Å². The quantitative estimate of drug-likeness (QED) is 0.718. The van der Waals surface area contributed by atoms with Crippen LogP contribution in [-0.4, -0.2) is 21.5 Å². The minimum Gasteiger partial charge on any atom is -0.349 e. The fourth-order valence-corrected chi connectivity index (χ4v) is 3.88. The summed E-state index contributed by atoms with van der Waals surface area (Å²) in [7, 11) is 0. The monoisotopic (exact) mass is 333 g/mol. The molecule has 0 bridgehead atoms. The Hall–Kier alpha value is -2.62. The lowest BCUT2D eigenvalue weighted by Crippen LogP contribution is -2.36. The van der Waals surface area contributed by atoms with Gasteiger partial charge in [0.15, 0.2) is 0 Å². The molecule has 128 valence electrons. The number of allylic oxidation sites excluding steroid dienone is 1. The van der Waals surface area contributed by atoms with E-state index in [1.807, 2.05) is 24.3 Å². The van der Waals surface area contributed by atoms with Crippen molar-refractivity contribution in [2.75, 3.05) is 0 Å². The fourth-order valence-electron chi connectivity index (χ4n) is 3.88. The molecule has 0 spiro atoms. The Morgan fingerprint density at radius 3 is 2.84 bits per heavy atom. The van der Waals surface area contributed by atoms with Gasteiger partial charge in [0.2, 0.25) is 0 Å². The first-order valence-electron chi connectivity index (χ1n) is 9.06. The summed E-state index contributed by atoms with van der Waals surface area (Å²) in [5.41, 5.74) is 2.66. The minimum absolute atomic E-state index is 0.0122. The lowest BCUT2D eigenvalue weighted by molar-refractivity contribution is 0.0927. The Bertz CT molecular complexity index is 935. The molecule has 0 saturated heterocycles. The first kappa shape index (κ1) is 15.9. The van der Waals surface area contributed by atoms with Gasteiger partial charge in [-0.1, -0.05) is 43.5 Å². The molecule has 1 aromatic carbocycles. The second kappa shape index (κ2) is 6.71. The van der Waals surface area contributed by atoms with E-state index in [-0.39, 0.29) is 5.91 Å². The van der Waals surface area contributed by atoms with Gasteiger partial charge >= 0.3 is 0 Å². The van der Waals surface area contributed by atoms with Gasteiger partial charge < -0.3 is 9.88 Å². The SMILES string of the molecule is C=CCn1c2ccccc2c2cc(C(=O)NC3CCCCC3)cnc21. The number of pyridine rings is 1. The number of carbonyl (C=O) groups is 1. The standard InChI is InChI=1S/C21H23N3O/c1-2-12-24-19-11-7-6-10-17(19)18-13-15(14-22-20(18)24)21(25)23-16-8-4-3-5-9-16/h2,6-7,10-11,13-14,16H,1,3-5,8-9,12H2,(H,23,25). The van der Waals surface area contributed by atoms with Gasteiger partial charge in [0, 0.05) is 29.6 Å². The zero-order valence-electron chi connectivity index (χ0n) is 14.4. The van der Waals surface area contributed by atoms with Crippen LogP contribution in [0.25, 0.3) is 21.9 Å². The van der Waals surface area contributed by atoms with Crippen molar-refractivity contribution in [1.82, 2.24) is 14.9 Å². The summed E-state index contributed by atoms with van der Waals surface area (Å²) >= 11 is 0. The van der Waals surface area contributed by atoms with Crippen LogP contribution < -0.4 is 5.32 Å². The maximum atomic E-state index is 12.7. The summed E-state index contributed by atoms with van der Waals surface area (Å²) in [6.07, 6.45) is 9.42. The van der Waals surface area contributed by atoms with Gasteiger partial charge in [0.05, 0.1) is 11.1 Å². The molecule has 1 amide bonds. The second-order valence-corrected chi connectivity index (χ2v) is 6.82. The number of nitrogens with zero attached hydrogens (tertiary/aromatic N) is 2. The van der Waals surface area contributed by atoms with E-state index in [1.165, 1.54) is 19.3 Å². The van der Waals surface area contributed by atoms with Crippen LogP contribution in [0.1, 0.15) is 42.5 Å². The molecule has 4 nitrogen and oxygen atoms in total. The largest absolute Gasteiger partial charge is 0.349 e. The van der Waals surface area contributed by atoms with E-state index in [1.54, 1.807) is 6.20 Å². The maximum Gasteiger partial charge on any atom is 0.253 e. The molecule has 0 atom stereocenters. The van der Waals surface area contributed by atoms with E-state index in [9.17, 15) is 4.79 Å². The number of hydrogen-bond acceptors (Lipinski definition) is 2. The average Bonchev–Trinajstić information content (AvgIpc) is 2.96. The highest BCUT2D eigenvalue weighted by Gasteiger charge is 2.18. The van der Waals surface area contributed by atoms with Crippen LogP contribution in [0, 0.1) is 0 Å². The highest BCUT2D eigenvalue weighted by Crippen LogP contribution is 2.28. The van der Waals surface area contributed by atoms with Crippen LogP contribution in [0.15, 0.2) is 49.2 Å². The molecule has 2 heterocycles. The van der Waals surface area contributed by atoms with Gasteiger partial charge in [-0.3, -0.25) is 4.79 Å². The summed E-state index contributed by atoms with van der Waals surface area (Å²) in [4.78, 5) is 17.3. The summed E-state index contributed by atoms with van der Waals surface area (Å²) in [6.45, 7) is 4.55. The molecular weight excluding hydrogens is 310 g/mol. The number of amides is 1. The highest BCUT2D eigenvalue weighted by atomic mass is 16.1. The van der Waals surface area contributed by atoms with Gasteiger partial charge in [-0.05, 0) is 25.0 Å². The Labute approximate surface area is 147 Å². The zero-order valence-corrected chi connectivity index (χ0v) is 14.4. The zero-order chi connectivity index (χ0) is 17.2. The fraction of sp³-hybridized carbons (Fsp3) is 0.333. The molecule has 4 heteroatoms. The minimum atomic E-state index is -0.0122. The van der Waals surface area contributed by atoms with Gasteiger partial charge in [-0.15, -0.1) is 6.58 Å². The van der Waals surface area contributed by atoms with Gasteiger partial charge in [-0.25, -0.2) is 4.98 Å². The van der Waals surface area contributed by atoms with E-state index in [0.29, 0.717) is 18.2 Å². The molecule has 1 aliphatic rings. The Morgan fingerprint density at radius 2 is 2.04 bits per heavy atom. The number of benzene rings is 1. The molecule has 2 aromatic heterocycles. The smallest absolute Gasteiger partial charge is 0.253 e. The van der Waals surface area contributed by atoms with Crippen molar-refractivity contribution in [2.24, 2.45) is 0 Å². The first-order valence-corrected chi connectivity index (χ1v) is 9.06. The van der Waals surface area contributed by atoms with Crippen LogP contribution in [0.5, 0.6) is 0 Å². The number of aromatic nitrogens is 2. The summed E-state index contributed by atoms with van der Waals surface area (Å²) in [6, 6.07) is 10.5. The van der Waals surface area contributed by atoms with Crippen LogP contribution in [-0.2, 0) is 6.54 Å². The molecule has 1 fully saturated rings. The number of rotatable bonds is 4. The first-order chi connectivity index (χ1) is 12.3. The van der Waals surface area contributed by atoms with Crippen molar-refractivity contribution in [2.45, 2.75) is 44.7 Å². The normalized spacial score (nSPS) is 15.5. The molecule has 0 radical (unpaired) electrons. The van der Waals surface area contributed by atoms with E-state index >= 15 is 0 Å². The van der Waals surface area contributed by atoms with E-state index in [0.717, 1.165) is 34.8 Å². The van der Waals surface area contributed by atoms with Crippen molar-refractivity contribution in [3.8, 4) is 0 Å². The third kappa shape index (κ3) is 2.93. The van der Waals surface area contributed by atoms with Crippen molar-refractivity contribution in [3.63, 3.8) is 0 Å². The van der Waals surface area contributed by atoms with Crippen LogP contribution in [0.4, 0.5) is 0 Å². The van der Waals surface area contributed by atoms with Crippen molar-refractivity contribution in [1.29, 1.82) is 0 Å². The average molecular weight is 333 g/mol. The van der Waals surface area contributed by atoms with Crippen LogP contribution in [0.2, 0.25) is 0 Å². The summed E-state index contributed by atoms with van der Waals surface area (Å²) < 4.78 is 2.14. The molecule has 1 aliphatic carbocycles. The number of hydrogen-bond donors (Lipinski definition) is 1. The topological polar surface area (TPSA) is 46.9 Å². The Kier molecular flexibility index (Phi) is 4.26. The highest BCUT2D eigenvalue weighted by molar-refractivity contribution is 6.09. The van der Waals surface area contributed by atoms with E-state index in [4.69, 9.17) is 0 Å². The molecule has 25 heavy (non-hydrogen) atoms. The molecule has 1 saturated carbocycles. The number of carbonyl (C=O) groups excluding carboxylic acids is 1. The predicted octanol–water partition coefficient (Wildman–Crippen LogP) is 4.44. The molecule has 0 unspecified atom stereocenters. The summed E-state index contributed by atoms with van der Waals surface area (Å²) in [5.74, 6) is -0.0122. The third-order valence-corrected chi connectivity index (χ3v) is 5.12. The number of para-hydroxylation sites is 1. The van der Waals surface area contributed by atoms with Crippen molar-refractivity contribution >= 4 is 27.8 Å². The third-order valence-electron chi connectivity index (χ3n) is 5.12. The number of nitrogens with one attached hydrogen (secondary N) is 1. The lowest BCUT2D eigenvalue weighted by atomic mass is 9.95. The number of fused-ring (bicyclic) bond motifs is 3. The van der Waals surface area contributed by atoms with Gasteiger partial charge in [0.1, 0.15) is 5.65 Å². The molecule has 1 N–H and O–H groups in total. The molecule has 3 aromatic rings. The predicted molar refractivity (Wildman–Crippen MR) is 102 cm³/mol. The molecule has 0 aliphatic heterocycles. The van der Waals surface area contributed by atoms with Gasteiger partial charge in [0.25, 0.3) is 5.91 Å². The van der Waals surface area contributed by atoms with E-state index in [2.05, 4.69) is 33.6 Å². The Morgan fingerprint density at radius 1 is 1.24 bits per heavy atom. The van der Waals surface area contributed by atoms with Gasteiger partial charge in [-0.2, -0.15) is 0 Å². The second-order valence-electron chi connectivity index (χ2n) is 6.82. The lowest BCUT2D eigenvalue weighted by Gasteiger charge is -2.22.